The lowest BCUT2D eigenvalue weighted by Crippen LogP contribution is -2.52. The number of nitrogens with zero attached hydrogens (tertiary/aromatic N) is 2. The molecule has 3 saturated heterocycles. The first-order valence-corrected chi connectivity index (χ1v) is 11.6. The van der Waals surface area contributed by atoms with Gasteiger partial charge in [-0.3, -0.25) is 4.90 Å². The number of urea groups is 1. The molecule has 7 nitrogen and oxygen atoms in total. The zero-order chi connectivity index (χ0) is 20.6. The molecule has 3 heterocycles. The highest BCUT2D eigenvalue weighted by Crippen LogP contribution is 2.28. The van der Waals surface area contributed by atoms with Crippen molar-refractivity contribution in [3.05, 3.63) is 24.3 Å². The number of nitrogens with one attached hydrogen (secondary N) is 2. The smallest absolute Gasteiger partial charge is 0.319 e. The van der Waals surface area contributed by atoms with Crippen LogP contribution in [0.2, 0.25) is 0 Å². The molecule has 0 saturated carbocycles. The van der Waals surface area contributed by atoms with Gasteiger partial charge in [-0.1, -0.05) is 25.0 Å². The van der Waals surface area contributed by atoms with E-state index in [9.17, 15) is 4.79 Å². The number of carbonyl (C=O) groups is 1. The second kappa shape index (κ2) is 11.0. The summed E-state index contributed by atoms with van der Waals surface area (Å²) in [6, 6.07) is 8.33. The summed E-state index contributed by atoms with van der Waals surface area (Å²) in [4.78, 5) is 17.7. The first kappa shape index (κ1) is 21.4. The molecule has 0 unspecified atom stereocenters. The molecular formula is C23H36N4O3. The molecule has 0 radical (unpaired) electrons. The molecule has 1 aromatic carbocycles. The molecule has 1 aromatic rings. The Morgan fingerprint density at radius 3 is 2.50 bits per heavy atom. The number of hydrogen-bond acceptors (Lipinski definition) is 5. The number of benzene rings is 1. The molecule has 2 atom stereocenters. The molecule has 0 bridgehead atoms. The number of carbonyl (C=O) groups excluding carboxylic acids is 1. The number of anilines is 2. The number of amides is 2. The van der Waals surface area contributed by atoms with Gasteiger partial charge >= 0.3 is 6.03 Å². The maximum atomic E-state index is 12.8. The van der Waals surface area contributed by atoms with E-state index in [2.05, 4.69) is 32.6 Å². The minimum Gasteiger partial charge on any atom is -0.381 e. The van der Waals surface area contributed by atoms with Gasteiger partial charge in [0.2, 0.25) is 0 Å². The van der Waals surface area contributed by atoms with Crippen LogP contribution >= 0.6 is 0 Å². The van der Waals surface area contributed by atoms with E-state index in [0.717, 1.165) is 70.4 Å². The summed E-state index contributed by atoms with van der Waals surface area (Å²) in [6.07, 6.45) is 6.07. The molecule has 4 rings (SSSR count). The van der Waals surface area contributed by atoms with Crippen LogP contribution in [0.1, 0.15) is 32.1 Å². The molecule has 3 aliphatic rings. The monoisotopic (exact) mass is 416 g/mol. The zero-order valence-corrected chi connectivity index (χ0v) is 18.0. The highest BCUT2D eigenvalue weighted by atomic mass is 16.5. The van der Waals surface area contributed by atoms with E-state index in [4.69, 9.17) is 9.47 Å². The number of morpholine rings is 1. The number of para-hydroxylation sites is 2. The van der Waals surface area contributed by atoms with Crippen LogP contribution in [0.25, 0.3) is 0 Å². The van der Waals surface area contributed by atoms with E-state index >= 15 is 0 Å². The van der Waals surface area contributed by atoms with Crippen LogP contribution in [0.15, 0.2) is 24.3 Å². The number of hydrogen-bond donors (Lipinski definition) is 2. The lowest BCUT2D eigenvalue weighted by molar-refractivity contribution is 0.00222. The van der Waals surface area contributed by atoms with Gasteiger partial charge in [-0.05, 0) is 31.4 Å². The van der Waals surface area contributed by atoms with Gasteiger partial charge in [0.1, 0.15) is 0 Å². The average Bonchev–Trinajstić information content (AvgIpc) is 3.17. The largest absolute Gasteiger partial charge is 0.381 e. The van der Waals surface area contributed by atoms with Gasteiger partial charge in [-0.2, -0.15) is 0 Å². The predicted molar refractivity (Wildman–Crippen MR) is 119 cm³/mol. The summed E-state index contributed by atoms with van der Waals surface area (Å²) >= 11 is 0. The maximum absolute atomic E-state index is 12.8. The Kier molecular flexibility index (Phi) is 7.83. The van der Waals surface area contributed by atoms with Crippen molar-refractivity contribution in [1.82, 2.24) is 10.2 Å². The van der Waals surface area contributed by atoms with Crippen molar-refractivity contribution in [3.63, 3.8) is 0 Å². The Morgan fingerprint density at radius 1 is 1.00 bits per heavy atom. The third kappa shape index (κ3) is 5.65. The van der Waals surface area contributed by atoms with Crippen LogP contribution in [-0.4, -0.2) is 76.1 Å². The molecule has 0 aromatic heterocycles. The Hall–Kier alpha value is -1.83. The second-order valence-corrected chi connectivity index (χ2v) is 8.59. The normalized spacial score (nSPS) is 24.3. The fourth-order valence-corrected chi connectivity index (χ4v) is 4.89. The van der Waals surface area contributed by atoms with Gasteiger partial charge in [0.15, 0.2) is 0 Å². The summed E-state index contributed by atoms with van der Waals surface area (Å²) in [7, 11) is 0. The summed E-state index contributed by atoms with van der Waals surface area (Å²) in [6.45, 7) is 7.71. The third-order valence-electron chi connectivity index (χ3n) is 6.59. The molecule has 7 heteroatoms. The van der Waals surface area contributed by atoms with Crippen LogP contribution in [0.3, 0.4) is 0 Å². The van der Waals surface area contributed by atoms with Gasteiger partial charge in [-0.25, -0.2) is 4.79 Å². The molecule has 3 aliphatic heterocycles. The number of rotatable bonds is 6. The van der Waals surface area contributed by atoms with Crippen molar-refractivity contribution >= 4 is 17.4 Å². The first-order chi connectivity index (χ1) is 14.8. The number of ether oxygens (including phenoxy) is 2. The van der Waals surface area contributed by atoms with Crippen molar-refractivity contribution in [2.75, 3.05) is 69.4 Å². The molecule has 3 fully saturated rings. The van der Waals surface area contributed by atoms with Crippen molar-refractivity contribution in [2.24, 2.45) is 5.92 Å². The summed E-state index contributed by atoms with van der Waals surface area (Å²) in [5, 5.41) is 6.25. The predicted octanol–water partition coefficient (Wildman–Crippen LogP) is 2.93. The summed E-state index contributed by atoms with van der Waals surface area (Å²) in [5.41, 5.74) is 2.02. The van der Waals surface area contributed by atoms with Crippen LogP contribution in [0.5, 0.6) is 0 Å². The van der Waals surface area contributed by atoms with Gasteiger partial charge < -0.3 is 25.0 Å². The second-order valence-electron chi connectivity index (χ2n) is 8.59. The van der Waals surface area contributed by atoms with E-state index in [1.54, 1.807) is 0 Å². The van der Waals surface area contributed by atoms with Gasteiger partial charge in [-0.15, -0.1) is 0 Å². The maximum Gasteiger partial charge on any atom is 0.319 e. The van der Waals surface area contributed by atoms with Gasteiger partial charge in [0.25, 0.3) is 0 Å². The standard InChI is InChI=1S/C23H36N4O3/c28-23(24-17-22(19-9-14-30-18-19)27-12-15-29-16-13-27)25-20-7-3-4-8-21(20)26-10-5-1-2-6-11-26/h3-4,7-8,19,22H,1-2,5-6,9-18H2,(H2,24,25,28)/t19-,22+/m1/s1. The van der Waals surface area contributed by atoms with E-state index in [1.807, 2.05) is 12.1 Å². The highest BCUT2D eigenvalue weighted by Gasteiger charge is 2.31. The fraction of sp³-hybridized carbons (Fsp3) is 0.696. The van der Waals surface area contributed by atoms with Crippen LogP contribution in [0.4, 0.5) is 16.2 Å². The van der Waals surface area contributed by atoms with Crippen molar-refractivity contribution in [2.45, 2.75) is 38.1 Å². The molecular weight excluding hydrogens is 380 g/mol. The van der Waals surface area contributed by atoms with Gasteiger partial charge in [0.05, 0.1) is 31.2 Å². The van der Waals surface area contributed by atoms with Crippen molar-refractivity contribution in [1.29, 1.82) is 0 Å². The van der Waals surface area contributed by atoms with Crippen molar-refractivity contribution < 1.29 is 14.3 Å². The zero-order valence-electron chi connectivity index (χ0n) is 18.0. The Bertz CT molecular complexity index is 666. The van der Waals surface area contributed by atoms with Gasteiger partial charge in [0, 0.05) is 51.3 Å². The summed E-state index contributed by atoms with van der Waals surface area (Å²) < 4.78 is 11.2. The van der Waals surface area contributed by atoms with E-state index in [1.165, 1.54) is 25.7 Å². The Labute approximate surface area is 180 Å². The topological polar surface area (TPSA) is 66.1 Å². The van der Waals surface area contributed by atoms with E-state index < -0.39 is 0 Å². The quantitative estimate of drug-likeness (QED) is 0.747. The molecule has 2 amide bonds. The van der Waals surface area contributed by atoms with Crippen molar-refractivity contribution in [3.8, 4) is 0 Å². The average molecular weight is 417 g/mol. The van der Waals surface area contributed by atoms with Crippen LogP contribution in [0, 0.1) is 5.92 Å². The third-order valence-corrected chi connectivity index (χ3v) is 6.59. The van der Waals surface area contributed by atoms with Crippen LogP contribution in [-0.2, 0) is 9.47 Å². The fourth-order valence-electron chi connectivity index (χ4n) is 4.89. The molecule has 2 N–H and O–H groups in total. The molecule has 0 spiro atoms. The van der Waals surface area contributed by atoms with E-state index in [-0.39, 0.29) is 6.03 Å². The molecule has 166 valence electrons. The molecule has 30 heavy (non-hydrogen) atoms. The highest BCUT2D eigenvalue weighted by molar-refractivity contribution is 5.93. The lowest BCUT2D eigenvalue weighted by atomic mass is 9.97. The SMILES string of the molecule is O=C(NC[C@@H]([C@@H]1CCOC1)N1CCOCC1)Nc1ccccc1N1CCCCCC1. The van der Waals surface area contributed by atoms with E-state index in [0.29, 0.717) is 18.5 Å². The molecule has 0 aliphatic carbocycles. The minimum atomic E-state index is -0.130. The first-order valence-electron chi connectivity index (χ1n) is 11.6. The Balaban J connectivity index is 1.36. The minimum absolute atomic E-state index is 0.130. The summed E-state index contributed by atoms with van der Waals surface area (Å²) in [5.74, 6) is 0.466. The lowest BCUT2D eigenvalue weighted by Gasteiger charge is -2.37. The van der Waals surface area contributed by atoms with Crippen LogP contribution < -0.4 is 15.5 Å². The Morgan fingerprint density at radius 2 is 1.77 bits per heavy atom.